The van der Waals surface area contributed by atoms with Gasteiger partial charge in [-0.2, -0.15) is 0 Å². The molecule has 0 amide bonds. The maximum absolute atomic E-state index is 2.43. The maximum Gasteiger partial charge on any atom is 0.0703 e. The van der Waals surface area contributed by atoms with Gasteiger partial charge in [-0.25, -0.2) is 0 Å². The van der Waals surface area contributed by atoms with Crippen LogP contribution in [0.2, 0.25) is 0 Å². The third-order valence-electron chi connectivity index (χ3n) is 4.37. The lowest BCUT2D eigenvalue weighted by atomic mass is 9.95. The number of hydrogen-bond donors (Lipinski definition) is 0. The summed E-state index contributed by atoms with van der Waals surface area (Å²) < 4.78 is 5.33. The molecule has 0 saturated carbocycles. The average molecular weight is 306 g/mol. The standard InChI is InChI=1S/C17H23NS2/c1-4-6-7-12(5-2)10-13-11-15-17(20-13)16-14(18(15)3)8-9-19-16/h8-9,11-12H,4-7,10H2,1-3H3. The summed E-state index contributed by atoms with van der Waals surface area (Å²) in [7, 11) is 2.20. The topological polar surface area (TPSA) is 4.93 Å². The maximum atomic E-state index is 2.43. The molecule has 1 nitrogen and oxygen atoms in total. The molecule has 3 aromatic rings. The second-order valence-electron chi connectivity index (χ2n) is 5.74. The Morgan fingerprint density at radius 2 is 2.05 bits per heavy atom. The number of hydrogen-bond acceptors (Lipinski definition) is 2. The van der Waals surface area contributed by atoms with Gasteiger partial charge < -0.3 is 4.57 Å². The van der Waals surface area contributed by atoms with Crippen molar-refractivity contribution in [2.24, 2.45) is 13.0 Å². The number of unbranched alkanes of at least 4 members (excludes halogenated alkanes) is 1. The highest BCUT2D eigenvalue weighted by Crippen LogP contribution is 2.38. The molecule has 20 heavy (non-hydrogen) atoms. The molecule has 108 valence electrons. The minimum Gasteiger partial charge on any atom is -0.342 e. The van der Waals surface area contributed by atoms with E-state index in [0.717, 1.165) is 5.92 Å². The second-order valence-corrected chi connectivity index (χ2v) is 7.79. The molecular formula is C17H23NS2. The van der Waals surface area contributed by atoms with Gasteiger partial charge in [-0.1, -0.05) is 39.5 Å². The molecule has 1 unspecified atom stereocenters. The zero-order valence-electron chi connectivity index (χ0n) is 12.6. The van der Waals surface area contributed by atoms with Crippen molar-refractivity contribution in [3.05, 3.63) is 22.4 Å². The van der Waals surface area contributed by atoms with Crippen molar-refractivity contribution in [2.45, 2.75) is 46.0 Å². The second kappa shape index (κ2) is 5.90. The highest BCUT2D eigenvalue weighted by Gasteiger charge is 2.15. The minimum atomic E-state index is 0.863. The van der Waals surface area contributed by atoms with E-state index in [-0.39, 0.29) is 0 Å². The van der Waals surface area contributed by atoms with E-state index < -0.39 is 0 Å². The molecule has 3 heterocycles. The molecule has 0 aliphatic rings. The van der Waals surface area contributed by atoms with Gasteiger partial charge in [0.05, 0.1) is 20.4 Å². The largest absolute Gasteiger partial charge is 0.342 e. The number of aromatic nitrogens is 1. The first kappa shape index (κ1) is 14.2. The molecule has 3 rings (SSSR count). The van der Waals surface area contributed by atoms with E-state index in [1.54, 1.807) is 4.88 Å². The molecule has 0 saturated heterocycles. The molecular weight excluding hydrogens is 282 g/mol. The Balaban J connectivity index is 1.88. The fourth-order valence-corrected chi connectivity index (χ4v) is 5.43. The van der Waals surface area contributed by atoms with E-state index >= 15 is 0 Å². The summed E-state index contributed by atoms with van der Waals surface area (Å²) >= 11 is 3.90. The van der Waals surface area contributed by atoms with Crippen molar-refractivity contribution in [3.8, 4) is 0 Å². The van der Waals surface area contributed by atoms with Gasteiger partial charge in [-0.05, 0) is 29.9 Å². The summed E-state index contributed by atoms with van der Waals surface area (Å²) in [6, 6.07) is 4.67. The molecule has 0 fully saturated rings. The Bertz CT molecular complexity index is 701. The van der Waals surface area contributed by atoms with Gasteiger partial charge in [0, 0.05) is 11.9 Å². The number of rotatable bonds is 6. The van der Waals surface area contributed by atoms with Crippen molar-refractivity contribution in [1.29, 1.82) is 0 Å². The van der Waals surface area contributed by atoms with Gasteiger partial charge in [0.1, 0.15) is 0 Å². The summed E-state index contributed by atoms with van der Waals surface area (Å²) in [5, 5.41) is 2.21. The zero-order valence-corrected chi connectivity index (χ0v) is 14.2. The molecule has 0 aliphatic carbocycles. The molecule has 1 atom stereocenters. The van der Waals surface area contributed by atoms with Crippen LogP contribution >= 0.6 is 22.7 Å². The third-order valence-corrected chi connectivity index (χ3v) is 6.58. The van der Waals surface area contributed by atoms with E-state index in [1.807, 2.05) is 22.7 Å². The lowest BCUT2D eigenvalue weighted by Gasteiger charge is -2.12. The Labute approximate surface area is 129 Å². The zero-order chi connectivity index (χ0) is 14.1. The van der Waals surface area contributed by atoms with Crippen LogP contribution in [0.4, 0.5) is 0 Å². The molecule has 0 aromatic carbocycles. The van der Waals surface area contributed by atoms with Crippen LogP contribution in [0.3, 0.4) is 0 Å². The first-order chi connectivity index (χ1) is 9.74. The van der Waals surface area contributed by atoms with Crippen LogP contribution in [-0.2, 0) is 13.5 Å². The minimum absolute atomic E-state index is 0.863. The predicted octanol–water partition coefficient (Wildman–Crippen LogP) is 6.21. The normalized spacial score (nSPS) is 13.6. The lowest BCUT2D eigenvalue weighted by molar-refractivity contribution is 0.452. The quantitative estimate of drug-likeness (QED) is 0.510. The average Bonchev–Trinajstić information content (AvgIpc) is 3.12. The summed E-state index contributed by atoms with van der Waals surface area (Å²) in [6.07, 6.45) is 6.65. The van der Waals surface area contributed by atoms with E-state index in [2.05, 4.69) is 43.0 Å². The Kier molecular flexibility index (Phi) is 4.18. The predicted molar refractivity (Wildman–Crippen MR) is 93.2 cm³/mol. The SMILES string of the molecule is CCCCC(CC)Cc1cc2c(s1)c1sccc1n2C. The van der Waals surface area contributed by atoms with Gasteiger partial charge in [0.2, 0.25) is 0 Å². The van der Waals surface area contributed by atoms with Crippen LogP contribution < -0.4 is 0 Å². The lowest BCUT2D eigenvalue weighted by Crippen LogP contribution is -2.01. The summed E-state index contributed by atoms with van der Waals surface area (Å²) in [5.74, 6) is 0.863. The van der Waals surface area contributed by atoms with E-state index in [4.69, 9.17) is 0 Å². The van der Waals surface area contributed by atoms with Gasteiger partial charge in [0.25, 0.3) is 0 Å². The molecule has 0 N–H and O–H groups in total. The van der Waals surface area contributed by atoms with Crippen molar-refractivity contribution >= 4 is 43.1 Å². The first-order valence-corrected chi connectivity index (χ1v) is 9.38. The summed E-state index contributed by atoms with van der Waals surface area (Å²) in [4.78, 5) is 1.57. The smallest absolute Gasteiger partial charge is 0.0703 e. The monoisotopic (exact) mass is 305 g/mol. The van der Waals surface area contributed by atoms with Gasteiger partial charge in [-0.3, -0.25) is 0 Å². The van der Waals surface area contributed by atoms with Crippen molar-refractivity contribution in [1.82, 2.24) is 4.57 Å². The van der Waals surface area contributed by atoms with Gasteiger partial charge in [-0.15, -0.1) is 22.7 Å². The molecule has 0 radical (unpaired) electrons. The highest BCUT2D eigenvalue weighted by atomic mass is 32.1. The fraction of sp³-hybridized carbons (Fsp3) is 0.529. The van der Waals surface area contributed by atoms with Crippen LogP contribution in [0.5, 0.6) is 0 Å². The first-order valence-electron chi connectivity index (χ1n) is 7.68. The van der Waals surface area contributed by atoms with Crippen molar-refractivity contribution in [2.75, 3.05) is 0 Å². The Morgan fingerprint density at radius 1 is 1.20 bits per heavy atom. The van der Waals surface area contributed by atoms with Crippen LogP contribution in [0.25, 0.3) is 20.4 Å². The highest BCUT2D eigenvalue weighted by molar-refractivity contribution is 7.26. The van der Waals surface area contributed by atoms with Crippen molar-refractivity contribution < 1.29 is 0 Å². The van der Waals surface area contributed by atoms with Crippen LogP contribution in [0, 0.1) is 5.92 Å². The van der Waals surface area contributed by atoms with Crippen LogP contribution in [0.15, 0.2) is 17.5 Å². The van der Waals surface area contributed by atoms with E-state index in [1.165, 1.54) is 52.5 Å². The van der Waals surface area contributed by atoms with Gasteiger partial charge >= 0.3 is 0 Å². The van der Waals surface area contributed by atoms with Gasteiger partial charge in [0.15, 0.2) is 0 Å². The van der Waals surface area contributed by atoms with Crippen molar-refractivity contribution in [3.63, 3.8) is 0 Å². The molecule has 0 aliphatic heterocycles. The van der Waals surface area contributed by atoms with E-state index in [0.29, 0.717) is 0 Å². The molecule has 0 bridgehead atoms. The summed E-state index contributed by atoms with van der Waals surface area (Å²) in [6.45, 7) is 4.63. The number of nitrogens with zero attached hydrogens (tertiary/aromatic N) is 1. The molecule has 3 aromatic heterocycles. The number of thiophene rings is 2. The van der Waals surface area contributed by atoms with Crippen LogP contribution in [0.1, 0.15) is 44.4 Å². The fourth-order valence-electron chi connectivity index (χ4n) is 3.04. The third kappa shape index (κ3) is 2.42. The van der Waals surface area contributed by atoms with Crippen LogP contribution in [-0.4, -0.2) is 4.57 Å². The Hall–Kier alpha value is -0.800. The molecule has 0 spiro atoms. The molecule has 3 heteroatoms. The Morgan fingerprint density at radius 3 is 2.80 bits per heavy atom. The number of aryl methyl sites for hydroxylation is 1. The summed E-state index contributed by atoms with van der Waals surface area (Å²) in [5.41, 5.74) is 2.82. The van der Waals surface area contributed by atoms with E-state index in [9.17, 15) is 0 Å². The number of fused-ring (bicyclic) bond motifs is 3.